The molecule has 0 amide bonds. The first-order valence-electron chi connectivity index (χ1n) is 7.43. The number of para-hydroxylation sites is 1. The molecule has 19 heavy (non-hydrogen) atoms. The van der Waals surface area contributed by atoms with E-state index >= 15 is 0 Å². The summed E-state index contributed by atoms with van der Waals surface area (Å²) >= 11 is 0. The van der Waals surface area contributed by atoms with Crippen LogP contribution in [0.3, 0.4) is 0 Å². The summed E-state index contributed by atoms with van der Waals surface area (Å²) < 4.78 is 0. The molecule has 1 heterocycles. The van der Waals surface area contributed by atoms with E-state index in [4.69, 9.17) is 10.7 Å². The van der Waals surface area contributed by atoms with Crippen molar-refractivity contribution in [1.82, 2.24) is 0 Å². The van der Waals surface area contributed by atoms with Crippen LogP contribution >= 0.6 is 0 Å². The largest absolute Gasteiger partial charge is 0.370 e. The Morgan fingerprint density at radius 3 is 2.79 bits per heavy atom. The zero-order valence-electron chi connectivity index (χ0n) is 11.7. The molecule has 1 unspecified atom stereocenters. The number of hydrogen-bond donors (Lipinski definition) is 1. The third-order valence-corrected chi connectivity index (χ3v) is 4.26. The van der Waals surface area contributed by atoms with Crippen molar-refractivity contribution in [2.45, 2.75) is 45.1 Å². The summed E-state index contributed by atoms with van der Waals surface area (Å²) in [5.41, 5.74) is 8.93. The van der Waals surface area contributed by atoms with E-state index in [0.717, 1.165) is 13.0 Å². The molecule has 1 saturated carbocycles. The lowest BCUT2D eigenvalue weighted by Crippen LogP contribution is -2.44. The third kappa shape index (κ3) is 2.60. The van der Waals surface area contributed by atoms with Gasteiger partial charge in [0.15, 0.2) is 5.96 Å². The molecular formula is C16H23N3. The minimum Gasteiger partial charge on any atom is -0.370 e. The maximum absolute atomic E-state index is 6.28. The standard InChI is InChI=1S/C16H23N3/c1-12-10-13-6-2-5-9-15(13)19(11-12)16(17)18-14-7-3-4-8-14/h2,5-6,9,12,14H,3-4,7-8,10-11H2,1H3,(H2,17,18). The van der Waals surface area contributed by atoms with Crippen molar-refractivity contribution in [2.24, 2.45) is 16.6 Å². The highest BCUT2D eigenvalue weighted by Gasteiger charge is 2.24. The molecular weight excluding hydrogens is 234 g/mol. The average molecular weight is 257 g/mol. The molecule has 1 fully saturated rings. The first kappa shape index (κ1) is 12.5. The smallest absolute Gasteiger partial charge is 0.196 e. The van der Waals surface area contributed by atoms with Gasteiger partial charge in [0.1, 0.15) is 0 Å². The van der Waals surface area contributed by atoms with E-state index in [1.807, 2.05) is 0 Å². The number of nitrogens with two attached hydrogens (primary N) is 1. The van der Waals surface area contributed by atoms with E-state index in [-0.39, 0.29) is 0 Å². The Labute approximate surface area is 115 Å². The molecule has 0 saturated heterocycles. The van der Waals surface area contributed by atoms with Crippen LogP contribution in [0.25, 0.3) is 0 Å². The average Bonchev–Trinajstić information content (AvgIpc) is 2.90. The summed E-state index contributed by atoms with van der Waals surface area (Å²) in [6.07, 6.45) is 6.14. The van der Waals surface area contributed by atoms with Crippen molar-refractivity contribution >= 4 is 11.6 Å². The number of nitrogens with zero attached hydrogens (tertiary/aromatic N) is 2. The molecule has 1 aliphatic carbocycles. The van der Waals surface area contributed by atoms with E-state index in [2.05, 4.69) is 36.1 Å². The molecule has 0 bridgehead atoms. The second-order valence-electron chi connectivity index (χ2n) is 5.97. The van der Waals surface area contributed by atoms with Crippen molar-refractivity contribution in [3.05, 3.63) is 29.8 Å². The van der Waals surface area contributed by atoms with Crippen LogP contribution in [-0.4, -0.2) is 18.5 Å². The lowest BCUT2D eigenvalue weighted by atomic mass is 9.94. The van der Waals surface area contributed by atoms with Crippen LogP contribution < -0.4 is 10.6 Å². The number of rotatable bonds is 1. The van der Waals surface area contributed by atoms with Gasteiger partial charge in [0, 0.05) is 12.2 Å². The van der Waals surface area contributed by atoms with Gasteiger partial charge in [-0.2, -0.15) is 0 Å². The normalized spacial score (nSPS) is 24.6. The Morgan fingerprint density at radius 1 is 1.26 bits per heavy atom. The third-order valence-electron chi connectivity index (χ3n) is 4.26. The molecule has 0 spiro atoms. The summed E-state index contributed by atoms with van der Waals surface area (Å²) in [4.78, 5) is 6.96. The van der Waals surface area contributed by atoms with Crippen molar-refractivity contribution in [3.63, 3.8) is 0 Å². The predicted molar refractivity (Wildman–Crippen MR) is 80.5 cm³/mol. The molecule has 3 rings (SSSR count). The molecule has 1 aliphatic heterocycles. The summed E-state index contributed by atoms with van der Waals surface area (Å²) in [7, 11) is 0. The van der Waals surface area contributed by atoms with E-state index in [1.54, 1.807) is 0 Å². The topological polar surface area (TPSA) is 41.6 Å². The molecule has 102 valence electrons. The van der Waals surface area contributed by atoms with Gasteiger partial charge in [0.2, 0.25) is 0 Å². The summed E-state index contributed by atoms with van der Waals surface area (Å²) in [6, 6.07) is 9.02. The summed E-state index contributed by atoms with van der Waals surface area (Å²) in [5.74, 6) is 1.35. The van der Waals surface area contributed by atoms with Gasteiger partial charge in [-0.15, -0.1) is 0 Å². The SMILES string of the molecule is CC1Cc2ccccc2N(C(N)=NC2CCCC2)C1. The maximum Gasteiger partial charge on any atom is 0.196 e. The first-order valence-corrected chi connectivity index (χ1v) is 7.43. The van der Waals surface area contributed by atoms with E-state index in [0.29, 0.717) is 17.9 Å². The highest BCUT2D eigenvalue weighted by atomic mass is 15.3. The van der Waals surface area contributed by atoms with Crippen LogP contribution in [-0.2, 0) is 6.42 Å². The zero-order chi connectivity index (χ0) is 13.2. The molecule has 1 atom stereocenters. The van der Waals surface area contributed by atoms with Crippen LogP contribution in [0.2, 0.25) is 0 Å². The fraction of sp³-hybridized carbons (Fsp3) is 0.562. The number of fused-ring (bicyclic) bond motifs is 1. The minimum atomic E-state index is 0.449. The van der Waals surface area contributed by atoms with E-state index in [1.165, 1.54) is 36.9 Å². The van der Waals surface area contributed by atoms with Gasteiger partial charge in [-0.05, 0) is 36.8 Å². The van der Waals surface area contributed by atoms with Crippen molar-refractivity contribution in [1.29, 1.82) is 0 Å². The molecule has 3 heteroatoms. The van der Waals surface area contributed by atoms with E-state index in [9.17, 15) is 0 Å². The van der Waals surface area contributed by atoms with Gasteiger partial charge in [0.25, 0.3) is 0 Å². The predicted octanol–water partition coefficient (Wildman–Crippen LogP) is 2.94. The van der Waals surface area contributed by atoms with Crippen molar-refractivity contribution in [3.8, 4) is 0 Å². The quantitative estimate of drug-likeness (QED) is 0.621. The lowest BCUT2D eigenvalue weighted by molar-refractivity contribution is 0.564. The van der Waals surface area contributed by atoms with Crippen LogP contribution in [0.4, 0.5) is 5.69 Å². The molecule has 0 radical (unpaired) electrons. The first-order chi connectivity index (χ1) is 9.24. The Kier molecular flexibility index (Phi) is 3.45. The summed E-state index contributed by atoms with van der Waals surface area (Å²) in [5, 5.41) is 0. The Balaban J connectivity index is 1.87. The fourth-order valence-corrected chi connectivity index (χ4v) is 3.30. The Hall–Kier alpha value is -1.51. The number of benzene rings is 1. The highest BCUT2D eigenvalue weighted by Crippen LogP contribution is 2.29. The van der Waals surface area contributed by atoms with Gasteiger partial charge in [0.05, 0.1) is 6.04 Å². The number of aliphatic imine (C=N–C) groups is 1. The second-order valence-corrected chi connectivity index (χ2v) is 5.97. The Bertz CT molecular complexity index is 475. The van der Waals surface area contributed by atoms with Crippen LogP contribution in [0, 0.1) is 5.92 Å². The maximum atomic E-state index is 6.28. The van der Waals surface area contributed by atoms with Gasteiger partial charge in [-0.1, -0.05) is 38.0 Å². The van der Waals surface area contributed by atoms with Gasteiger partial charge >= 0.3 is 0 Å². The van der Waals surface area contributed by atoms with Gasteiger partial charge < -0.3 is 10.6 Å². The fourth-order valence-electron chi connectivity index (χ4n) is 3.30. The lowest BCUT2D eigenvalue weighted by Gasteiger charge is -2.34. The molecule has 0 aromatic heterocycles. The molecule has 3 nitrogen and oxygen atoms in total. The zero-order valence-corrected chi connectivity index (χ0v) is 11.7. The summed E-state index contributed by atoms with van der Waals surface area (Å²) in [6.45, 7) is 3.27. The van der Waals surface area contributed by atoms with Gasteiger partial charge in [-0.3, -0.25) is 0 Å². The molecule has 2 aliphatic rings. The monoisotopic (exact) mass is 257 g/mol. The number of guanidine groups is 1. The molecule has 2 N–H and O–H groups in total. The number of anilines is 1. The van der Waals surface area contributed by atoms with Crippen molar-refractivity contribution in [2.75, 3.05) is 11.4 Å². The van der Waals surface area contributed by atoms with Crippen LogP contribution in [0.5, 0.6) is 0 Å². The Morgan fingerprint density at radius 2 is 2.00 bits per heavy atom. The minimum absolute atomic E-state index is 0.449. The second kappa shape index (κ2) is 5.24. The molecule has 1 aromatic rings. The van der Waals surface area contributed by atoms with Crippen LogP contribution in [0.15, 0.2) is 29.3 Å². The van der Waals surface area contributed by atoms with E-state index < -0.39 is 0 Å². The van der Waals surface area contributed by atoms with Crippen molar-refractivity contribution < 1.29 is 0 Å². The molecule has 1 aromatic carbocycles. The van der Waals surface area contributed by atoms with Gasteiger partial charge in [-0.25, -0.2) is 4.99 Å². The highest BCUT2D eigenvalue weighted by molar-refractivity contribution is 5.96. The van der Waals surface area contributed by atoms with Crippen LogP contribution in [0.1, 0.15) is 38.2 Å². The number of hydrogen-bond acceptors (Lipinski definition) is 1.